The van der Waals surface area contributed by atoms with E-state index in [2.05, 4.69) is 52.1 Å². The zero-order valence-corrected chi connectivity index (χ0v) is 11.1. The lowest BCUT2D eigenvalue weighted by molar-refractivity contribution is 0.606. The molecule has 0 aliphatic heterocycles. The van der Waals surface area contributed by atoms with Gasteiger partial charge in [-0.25, -0.2) is 0 Å². The van der Waals surface area contributed by atoms with Crippen molar-refractivity contribution in [1.29, 1.82) is 0 Å². The molecule has 0 spiro atoms. The maximum Gasteiger partial charge on any atom is 0.0720 e. The van der Waals surface area contributed by atoms with E-state index >= 15 is 0 Å². The van der Waals surface area contributed by atoms with Gasteiger partial charge in [-0.1, -0.05) is 54.0 Å². The minimum Gasteiger partial charge on any atom is -0.158 e. The number of halogens is 1. The minimum atomic E-state index is 0.451. The molecule has 0 fully saturated rings. The average Bonchev–Trinajstić information content (AvgIpc) is 2.29. The quantitative estimate of drug-likeness (QED) is 0.802. The van der Waals surface area contributed by atoms with Gasteiger partial charge < -0.3 is 0 Å². The molecule has 0 radical (unpaired) electrons. The molecule has 16 heavy (non-hydrogen) atoms. The third kappa shape index (κ3) is 2.40. The zero-order valence-electron chi connectivity index (χ0n) is 9.52. The summed E-state index contributed by atoms with van der Waals surface area (Å²) in [5, 5.41) is 10.7. The van der Waals surface area contributed by atoms with Gasteiger partial charge in [-0.2, -0.15) is 10.2 Å². The highest BCUT2D eigenvalue weighted by molar-refractivity contribution is 9.09. The Morgan fingerprint density at radius 2 is 2.00 bits per heavy atom. The predicted octanol–water partition coefficient (Wildman–Crippen LogP) is 3.59. The maximum absolute atomic E-state index is 4.25. The molecule has 1 unspecified atom stereocenters. The van der Waals surface area contributed by atoms with Crippen LogP contribution >= 0.6 is 15.9 Å². The average molecular weight is 279 g/mol. The van der Waals surface area contributed by atoms with Gasteiger partial charge in [-0.05, 0) is 5.92 Å². The summed E-state index contributed by atoms with van der Waals surface area (Å²) in [5.74, 6) is 0.598. The van der Waals surface area contributed by atoms with Crippen molar-refractivity contribution in [3.63, 3.8) is 0 Å². The van der Waals surface area contributed by atoms with Crippen molar-refractivity contribution in [1.82, 2.24) is 10.2 Å². The van der Waals surface area contributed by atoms with Crippen LogP contribution in [0.4, 0.5) is 0 Å². The molecule has 1 heterocycles. The Labute approximate surface area is 104 Å². The van der Waals surface area contributed by atoms with Gasteiger partial charge in [0.2, 0.25) is 0 Å². The Balaban J connectivity index is 2.37. The first kappa shape index (κ1) is 11.5. The summed E-state index contributed by atoms with van der Waals surface area (Å²) in [7, 11) is 0. The molecule has 1 aromatic carbocycles. The topological polar surface area (TPSA) is 25.8 Å². The molecule has 2 rings (SSSR count). The molecule has 0 aliphatic rings. The first-order chi connectivity index (χ1) is 7.68. The first-order valence-corrected chi connectivity index (χ1v) is 6.43. The van der Waals surface area contributed by atoms with Crippen molar-refractivity contribution >= 4 is 26.7 Å². The van der Waals surface area contributed by atoms with Gasteiger partial charge in [-0.3, -0.25) is 0 Å². The van der Waals surface area contributed by atoms with Gasteiger partial charge in [0, 0.05) is 22.0 Å². The van der Waals surface area contributed by atoms with E-state index in [1.165, 1.54) is 5.39 Å². The SMILES string of the molecule is CC(C)C(Br)Cc1nncc2ccccc12. The predicted molar refractivity (Wildman–Crippen MR) is 70.8 cm³/mol. The van der Waals surface area contributed by atoms with Crippen molar-refractivity contribution in [2.24, 2.45) is 5.92 Å². The van der Waals surface area contributed by atoms with Crippen molar-refractivity contribution in [2.45, 2.75) is 25.1 Å². The number of hydrogen-bond donors (Lipinski definition) is 0. The second-order valence-corrected chi connectivity index (χ2v) is 5.52. The fourth-order valence-corrected chi connectivity index (χ4v) is 1.96. The number of rotatable bonds is 3. The van der Waals surface area contributed by atoms with Gasteiger partial charge in [-0.15, -0.1) is 0 Å². The second kappa shape index (κ2) is 4.91. The highest BCUT2D eigenvalue weighted by Gasteiger charge is 2.13. The van der Waals surface area contributed by atoms with Crippen LogP contribution in [0.5, 0.6) is 0 Å². The second-order valence-electron chi connectivity index (χ2n) is 4.34. The number of fused-ring (bicyclic) bond motifs is 1. The van der Waals surface area contributed by atoms with Crippen LogP contribution in [0.15, 0.2) is 30.5 Å². The number of nitrogens with zero attached hydrogens (tertiary/aromatic N) is 2. The standard InChI is InChI=1S/C13H15BrN2/c1-9(2)12(14)7-13-11-6-4-3-5-10(11)8-15-16-13/h3-6,8-9,12H,7H2,1-2H3. The molecular weight excluding hydrogens is 264 g/mol. The Kier molecular flexibility index (Phi) is 3.54. The summed E-state index contributed by atoms with van der Waals surface area (Å²) in [4.78, 5) is 0.451. The molecule has 1 aromatic heterocycles. The largest absolute Gasteiger partial charge is 0.158 e. The van der Waals surface area contributed by atoms with Crippen LogP contribution in [0.3, 0.4) is 0 Å². The van der Waals surface area contributed by atoms with E-state index in [9.17, 15) is 0 Å². The summed E-state index contributed by atoms with van der Waals surface area (Å²) >= 11 is 3.70. The van der Waals surface area contributed by atoms with Crippen LogP contribution in [0.2, 0.25) is 0 Å². The smallest absolute Gasteiger partial charge is 0.0720 e. The van der Waals surface area contributed by atoms with Crippen LogP contribution in [-0.4, -0.2) is 15.0 Å². The number of alkyl halides is 1. The van der Waals surface area contributed by atoms with Gasteiger partial charge in [0.15, 0.2) is 0 Å². The number of benzene rings is 1. The molecule has 0 amide bonds. The monoisotopic (exact) mass is 278 g/mol. The van der Waals surface area contributed by atoms with Crippen LogP contribution in [0.25, 0.3) is 10.8 Å². The van der Waals surface area contributed by atoms with Gasteiger partial charge >= 0.3 is 0 Å². The summed E-state index contributed by atoms with van der Waals surface area (Å²) in [6.45, 7) is 4.41. The van der Waals surface area contributed by atoms with Crippen molar-refractivity contribution < 1.29 is 0 Å². The highest BCUT2D eigenvalue weighted by atomic mass is 79.9. The molecule has 0 N–H and O–H groups in total. The Bertz CT molecular complexity index is 477. The molecular formula is C13H15BrN2. The number of aromatic nitrogens is 2. The first-order valence-electron chi connectivity index (χ1n) is 5.52. The van der Waals surface area contributed by atoms with E-state index in [0.29, 0.717) is 10.7 Å². The van der Waals surface area contributed by atoms with E-state index in [1.807, 2.05) is 18.3 Å². The molecule has 1 atom stereocenters. The maximum atomic E-state index is 4.25. The van der Waals surface area contributed by atoms with Crippen LogP contribution in [-0.2, 0) is 6.42 Å². The minimum absolute atomic E-state index is 0.451. The fraction of sp³-hybridized carbons (Fsp3) is 0.385. The molecule has 0 saturated carbocycles. The summed E-state index contributed by atoms with van der Waals surface area (Å²) in [5.41, 5.74) is 1.08. The third-order valence-corrected chi connectivity index (χ3v) is 4.14. The highest BCUT2D eigenvalue weighted by Crippen LogP contribution is 2.21. The van der Waals surface area contributed by atoms with Gasteiger partial charge in [0.25, 0.3) is 0 Å². The van der Waals surface area contributed by atoms with E-state index in [4.69, 9.17) is 0 Å². The van der Waals surface area contributed by atoms with E-state index in [0.717, 1.165) is 17.5 Å². The Morgan fingerprint density at radius 1 is 1.25 bits per heavy atom. The molecule has 84 valence electrons. The molecule has 2 nitrogen and oxygen atoms in total. The molecule has 0 saturated heterocycles. The lowest BCUT2D eigenvalue weighted by atomic mass is 10.0. The molecule has 0 aliphatic carbocycles. The number of hydrogen-bond acceptors (Lipinski definition) is 2. The van der Waals surface area contributed by atoms with Crippen LogP contribution in [0, 0.1) is 5.92 Å². The van der Waals surface area contributed by atoms with E-state index in [-0.39, 0.29) is 0 Å². The van der Waals surface area contributed by atoms with Gasteiger partial charge in [0.05, 0.1) is 11.9 Å². The van der Waals surface area contributed by atoms with Crippen LogP contribution in [0.1, 0.15) is 19.5 Å². The molecule has 3 heteroatoms. The van der Waals surface area contributed by atoms with Crippen molar-refractivity contribution in [2.75, 3.05) is 0 Å². The normalized spacial score (nSPS) is 13.2. The van der Waals surface area contributed by atoms with Crippen LogP contribution < -0.4 is 0 Å². The molecule has 0 bridgehead atoms. The van der Waals surface area contributed by atoms with E-state index in [1.54, 1.807) is 0 Å². The summed E-state index contributed by atoms with van der Waals surface area (Å²) in [6.07, 6.45) is 2.74. The lowest BCUT2D eigenvalue weighted by Crippen LogP contribution is -2.12. The summed E-state index contributed by atoms with van der Waals surface area (Å²) in [6, 6.07) is 8.26. The Hall–Kier alpha value is -0.960. The molecule has 2 aromatic rings. The van der Waals surface area contributed by atoms with E-state index < -0.39 is 0 Å². The van der Waals surface area contributed by atoms with Crippen molar-refractivity contribution in [3.05, 3.63) is 36.2 Å². The van der Waals surface area contributed by atoms with Gasteiger partial charge in [0.1, 0.15) is 0 Å². The summed E-state index contributed by atoms with van der Waals surface area (Å²) < 4.78 is 0. The fourth-order valence-electron chi connectivity index (χ4n) is 1.66. The lowest BCUT2D eigenvalue weighted by Gasteiger charge is -2.13. The zero-order chi connectivity index (χ0) is 11.5. The van der Waals surface area contributed by atoms with Crippen molar-refractivity contribution in [3.8, 4) is 0 Å². The Morgan fingerprint density at radius 3 is 2.75 bits per heavy atom. The third-order valence-electron chi connectivity index (χ3n) is 2.76.